The molecule has 3 aromatic rings. The highest BCUT2D eigenvalue weighted by Gasteiger charge is 2.30. The van der Waals surface area contributed by atoms with Crippen LogP contribution in [0.3, 0.4) is 0 Å². The van der Waals surface area contributed by atoms with Crippen LogP contribution in [0.1, 0.15) is 5.56 Å². The Hall–Kier alpha value is -3.29. The SMILES string of the molecule is C[n+]1ccn(/N=C(\[O-])c2ccc(-c3ccc(OC(F)(F)F)cc3)cc2)c1. The molecular weight excluding hydrogens is 347 g/mol. The summed E-state index contributed by atoms with van der Waals surface area (Å²) in [5, 5.41) is 16.1. The fourth-order valence-electron chi connectivity index (χ4n) is 2.31. The van der Waals surface area contributed by atoms with Crippen LogP contribution in [-0.4, -0.2) is 16.9 Å². The van der Waals surface area contributed by atoms with Crippen molar-refractivity contribution in [3.8, 4) is 16.9 Å². The molecule has 5 nitrogen and oxygen atoms in total. The predicted octanol–water partition coefficient (Wildman–Crippen LogP) is 2.45. The molecule has 0 aliphatic carbocycles. The number of nitrogens with zero attached hydrogens (tertiary/aromatic N) is 3. The molecule has 0 aliphatic rings. The van der Waals surface area contributed by atoms with Crippen LogP contribution < -0.4 is 14.4 Å². The van der Waals surface area contributed by atoms with Crippen LogP contribution in [0.4, 0.5) is 13.2 Å². The highest BCUT2D eigenvalue weighted by atomic mass is 19.4. The average molecular weight is 361 g/mol. The van der Waals surface area contributed by atoms with Crippen molar-refractivity contribution in [1.29, 1.82) is 0 Å². The Morgan fingerprint density at radius 1 is 1.04 bits per heavy atom. The first kappa shape index (κ1) is 17.5. The molecule has 0 N–H and O–H groups in total. The van der Waals surface area contributed by atoms with Gasteiger partial charge < -0.3 is 9.84 Å². The van der Waals surface area contributed by atoms with Gasteiger partial charge in [-0.15, -0.1) is 17.8 Å². The van der Waals surface area contributed by atoms with E-state index in [4.69, 9.17) is 0 Å². The van der Waals surface area contributed by atoms with Gasteiger partial charge in [0.25, 0.3) is 6.33 Å². The second-order valence-corrected chi connectivity index (χ2v) is 5.51. The minimum absolute atomic E-state index is 0.285. The van der Waals surface area contributed by atoms with Crippen molar-refractivity contribution in [2.45, 2.75) is 6.36 Å². The number of hydrogen-bond acceptors (Lipinski definition) is 3. The Bertz CT molecular complexity index is 914. The summed E-state index contributed by atoms with van der Waals surface area (Å²) in [5.74, 6) is -0.687. The molecule has 134 valence electrons. The van der Waals surface area contributed by atoms with E-state index in [-0.39, 0.29) is 5.75 Å². The second kappa shape index (κ2) is 6.91. The zero-order chi connectivity index (χ0) is 18.7. The molecule has 8 heteroatoms. The van der Waals surface area contributed by atoms with E-state index in [2.05, 4.69) is 9.84 Å². The summed E-state index contributed by atoms with van der Waals surface area (Å²) in [5.41, 5.74) is 1.86. The highest BCUT2D eigenvalue weighted by Crippen LogP contribution is 2.26. The van der Waals surface area contributed by atoms with E-state index >= 15 is 0 Å². The molecule has 0 bridgehead atoms. The fraction of sp³-hybridized carbons (Fsp3) is 0.111. The lowest BCUT2D eigenvalue weighted by Gasteiger charge is -2.11. The summed E-state index contributed by atoms with van der Waals surface area (Å²) in [7, 11) is 1.82. The van der Waals surface area contributed by atoms with Gasteiger partial charge in [0.2, 0.25) is 0 Å². The van der Waals surface area contributed by atoms with Crippen molar-refractivity contribution in [3.63, 3.8) is 0 Å². The van der Waals surface area contributed by atoms with Crippen molar-refractivity contribution in [2.75, 3.05) is 0 Å². The molecule has 0 unspecified atom stereocenters. The second-order valence-electron chi connectivity index (χ2n) is 5.51. The quantitative estimate of drug-likeness (QED) is 0.407. The number of aromatic nitrogens is 2. The van der Waals surface area contributed by atoms with Gasteiger partial charge in [0.05, 0.1) is 7.05 Å². The molecule has 0 saturated carbocycles. The van der Waals surface area contributed by atoms with E-state index in [0.29, 0.717) is 11.1 Å². The van der Waals surface area contributed by atoms with E-state index in [1.54, 1.807) is 47.6 Å². The van der Waals surface area contributed by atoms with E-state index in [9.17, 15) is 18.3 Å². The van der Waals surface area contributed by atoms with Crippen LogP contribution >= 0.6 is 0 Å². The van der Waals surface area contributed by atoms with Crippen molar-refractivity contribution in [1.82, 2.24) is 4.68 Å². The maximum Gasteiger partial charge on any atom is 0.573 e. The fourth-order valence-corrected chi connectivity index (χ4v) is 2.31. The molecule has 0 radical (unpaired) electrons. The first-order chi connectivity index (χ1) is 12.3. The van der Waals surface area contributed by atoms with E-state index < -0.39 is 12.3 Å². The third-order valence-electron chi connectivity index (χ3n) is 3.51. The topological polar surface area (TPSA) is 53.5 Å². The van der Waals surface area contributed by atoms with Gasteiger partial charge in [-0.25, -0.2) is 4.57 Å². The number of rotatable bonds is 4. The summed E-state index contributed by atoms with van der Waals surface area (Å²) in [6.07, 6.45) is 0.337. The zero-order valence-electron chi connectivity index (χ0n) is 13.6. The van der Waals surface area contributed by atoms with Crippen LogP contribution in [-0.2, 0) is 7.05 Å². The molecule has 0 aliphatic heterocycles. The first-order valence-electron chi connectivity index (χ1n) is 7.56. The molecule has 1 aromatic heterocycles. The van der Waals surface area contributed by atoms with Gasteiger partial charge >= 0.3 is 6.36 Å². The molecule has 3 rings (SSSR count). The van der Waals surface area contributed by atoms with Crippen LogP contribution in [0.2, 0.25) is 0 Å². The molecule has 26 heavy (non-hydrogen) atoms. The largest absolute Gasteiger partial charge is 0.856 e. The average Bonchev–Trinajstić information content (AvgIpc) is 2.99. The van der Waals surface area contributed by atoms with E-state index in [0.717, 1.165) is 5.56 Å². The maximum absolute atomic E-state index is 12.2. The summed E-state index contributed by atoms with van der Waals surface area (Å²) >= 11 is 0. The standard InChI is InChI=1S/C18H14F3N3O2/c1-23-10-11-24(12-23)22-17(25)15-4-2-13(3-5-15)14-6-8-16(9-7-14)26-18(19,20)21/h2-12H,1H3. The monoisotopic (exact) mass is 361 g/mol. The van der Waals surface area contributed by atoms with Crippen molar-refractivity contribution >= 4 is 5.90 Å². The summed E-state index contributed by atoms with van der Waals surface area (Å²) in [6.45, 7) is 0. The number of ether oxygens (including phenoxy) is 1. The highest BCUT2D eigenvalue weighted by molar-refractivity contribution is 5.91. The predicted molar refractivity (Wildman–Crippen MR) is 86.1 cm³/mol. The molecule has 0 fully saturated rings. The van der Waals surface area contributed by atoms with Gasteiger partial charge in [0.1, 0.15) is 11.9 Å². The van der Waals surface area contributed by atoms with Gasteiger partial charge in [0, 0.05) is 5.90 Å². The molecule has 1 heterocycles. The number of benzene rings is 2. The lowest BCUT2D eigenvalue weighted by atomic mass is 10.0. The Kier molecular flexibility index (Phi) is 4.66. The summed E-state index contributed by atoms with van der Waals surface area (Å²) in [6, 6.07) is 12.2. The normalized spacial score (nSPS) is 12.2. The van der Waals surface area contributed by atoms with E-state index in [1.807, 2.05) is 7.05 Å². The van der Waals surface area contributed by atoms with Gasteiger partial charge in [-0.3, -0.25) is 0 Å². The number of hydrogen-bond donors (Lipinski definition) is 0. The molecule has 0 saturated heterocycles. The lowest BCUT2D eigenvalue weighted by molar-refractivity contribution is -0.671. The van der Waals surface area contributed by atoms with E-state index in [1.165, 1.54) is 28.9 Å². The van der Waals surface area contributed by atoms with Crippen LogP contribution in [0.15, 0.2) is 72.4 Å². The molecule has 0 amide bonds. The third-order valence-corrected chi connectivity index (χ3v) is 3.51. The van der Waals surface area contributed by atoms with Crippen LogP contribution in [0, 0.1) is 0 Å². The molecule has 2 aromatic carbocycles. The third kappa shape index (κ3) is 4.41. The van der Waals surface area contributed by atoms with Crippen LogP contribution in [0.5, 0.6) is 5.75 Å². The maximum atomic E-state index is 12.2. The minimum atomic E-state index is -4.72. The van der Waals surface area contributed by atoms with Gasteiger partial charge in [-0.1, -0.05) is 41.5 Å². The number of halogens is 3. The van der Waals surface area contributed by atoms with Gasteiger partial charge in [-0.05, 0) is 28.8 Å². The summed E-state index contributed by atoms with van der Waals surface area (Å²) < 4.78 is 43.5. The summed E-state index contributed by atoms with van der Waals surface area (Å²) in [4.78, 5) is 0. The number of aryl methyl sites for hydroxylation is 1. The van der Waals surface area contributed by atoms with Crippen molar-refractivity contribution in [3.05, 3.63) is 72.8 Å². The Balaban J connectivity index is 1.76. The smallest absolute Gasteiger partial charge is 0.573 e. The number of imidazole rings is 1. The zero-order valence-corrected chi connectivity index (χ0v) is 13.6. The number of alkyl halides is 3. The Labute approximate surface area is 147 Å². The first-order valence-corrected chi connectivity index (χ1v) is 7.56. The van der Waals surface area contributed by atoms with Gasteiger partial charge in [-0.2, -0.15) is 0 Å². The molecular formula is C18H14F3N3O2. The molecule has 0 atom stereocenters. The van der Waals surface area contributed by atoms with Crippen molar-refractivity contribution < 1.29 is 27.6 Å². The minimum Gasteiger partial charge on any atom is -0.856 e. The molecule has 0 spiro atoms. The van der Waals surface area contributed by atoms with Crippen LogP contribution in [0.25, 0.3) is 11.1 Å². The Morgan fingerprint density at radius 3 is 2.12 bits per heavy atom. The lowest BCUT2D eigenvalue weighted by Crippen LogP contribution is -2.24. The van der Waals surface area contributed by atoms with Crippen molar-refractivity contribution in [2.24, 2.45) is 12.1 Å². The Morgan fingerprint density at radius 2 is 1.62 bits per heavy atom. The van der Waals surface area contributed by atoms with Gasteiger partial charge in [0.15, 0.2) is 6.20 Å².